The van der Waals surface area contributed by atoms with Crippen molar-refractivity contribution in [3.05, 3.63) is 36.2 Å². The van der Waals surface area contributed by atoms with E-state index in [1.54, 1.807) is 12.3 Å². The lowest BCUT2D eigenvalue weighted by Crippen LogP contribution is -1.87. The second-order valence-corrected chi connectivity index (χ2v) is 2.75. The number of aromatic nitrogens is 1. The minimum absolute atomic E-state index is 0.442. The van der Waals surface area contributed by atoms with Crippen LogP contribution < -0.4 is 5.73 Å². The molecule has 0 aliphatic carbocycles. The molecule has 2 rings (SSSR count). The van der Waals surface area contributed by atoms with E-state index in [0.29, 0.717) is 11.4 Å². The maximum Gasteiger partial charge on any atom is 0.148 e. The number of fused-ring (bicyclic) bond motifs is 1. The van der Waals surface area contributed by atoms with E-state index in [2.05, 4.69) is 4.98 Å². The highest BCUT2D eigenvalue weighted by Gasteiger charge is 2.00. The van der Waals surface area contributed by atoms with Crippen LogP contribution in [-0.4, -0.2) is 4.98 Å². The fraction of sp³-hybridized carbons (Fsp3) is 0. The highest BCUT2D eigenvalue weighted by Crippen LogP contribution is 2.18. The molecule has 3 heteroatoms. The molecule has 0 bridgehead atoms. The predicted molar refractivity (Wildman–Crippen MR) is 50.9 cm³/mol. The summed E-state index contributed by atoms with van der Waals surface area (Å²) in [7, 11) is 0. The topological polar surface area (TPSA) is 62.7 Å². The van der Waals surface area contributed by atoms with Crippen LogP contribution in [0.15, 0.2) is 30.5 Å². The van der Waals surface area contributed by atoms with Gasteiger partial charge in [-0.05, 0) is 29.7 Å². The zero-order chi connectivity index (χ0) is 9.26. The first-order valence-electron chi connectivity index (χ1n) is 3.85. The van der Waals surface area contributed by atoms with Crippen LogP contribution in [-0.2, 0) is 0 Å². The van der Waals surface area contributed by atoms with E-state index in [9.17, 15) is 0 Å². The summed E-state index contributed by atoms with van der Waals surface area (Å²) in [5.41, 5.74) is 6.75. The summed E-state index contributed by atoms with van der Waals surface area (Å²) in [4.78, 5) is 3.95. The average Bonchev–Trinajstić information content (AvgIpc) is 2.16. The number of nitrogens with zero attached hydrogens (tertiary/aromatic N) is 2. The zero-order valence-corrected chi connectivity index (χ0v) is 6.86. The fourth-order valence-corrected chi connectivity index (χ4v) is 1.29. The average molecular weight is 169 g/mol. The number of nitrogens with two attached hydrogens (primary N) is 1. The molecule has 2 aromatic rings. The lowest BCUT2D eigenvalue weighted by Gasteiger charge is -1.99. The van der Waals surface area contributed by atoms with E-state index >= 15 is 0 Å². The molecule has 0 fully saturated rings. The third kappa shape index (κ3) is 1.18. The third-order valence-corrected chi connectivity index (χ3v) is 1.89. The Labute approximate surface area is 75.4 Å². The third-order valence-electron chi connectivity index (χ3n) is 1.89. The molecule has 1 aromatic carbocycles. The van der Waals surface area contributed by atoms with Crippen molar-refractivity contribution < 1.29 is 0 Å². The van der Waals surface area contributed by atoms with Gasteiger partial charge in [0.05, 0.1) is 0 Å². The molecular formula is C10H7N3. The van der Waals surface area contributed by atoms with Gasteiger partial charge in [0.2, 0.25) is 0 Å². The molecule has 3 nitrogen and oxygen atoms in total. The molecule has 2 N–H and O–H groups in total. The summed E-state index contributed by atoms with van der Waals surface area (Å²) in [6.07, 6.45) is 1.61. The number of nitriles is 1. The van der Waals surface area contributed by atoms with E-state index in [1.165, 1.54) is 0 Å². The first kappa shape index (κ1) is 7.56. The van der Waals surface area contributed by atoms with Crippen LogP contribution in [0.1, 0.15) is 5.69 Å². The smallest absolute Gasteiger partial charge is 0.148 e. The van der Waals surface area contributed by atoms with Crippen LogP contribution >= 0.6 is 0 Å². The van der Waals surface area contributed by atoms with Gasteiger partial charge in [0.15, 0.2) is 0 Å². The second-order valence-electron chi connectivity index (χ2n) is 2.75. The first-order valence-corrected chi connectivity index (χ1v) is 3.85. The standard InChI is InChI=1S/C10H7N3/c11-6-10-9-2-1-8(12)5-7(9)3-4-13-10/h1-5H,12H2. The first-order chi connectivity index (χ1) is 6.31. The maximum atomic E-state index is 8.76. The number of rotatable bonds is 0. The van der Waals surface area contributed by atoms with E-state index in [0.717, 1.165) is 10.8 Å². The predicted octanol–water partition coefficient (Wildman–Crippen LogP) is 1.69. The number of pyridine rings is 1. The largest absolute Gasteiger partial charge is 0.399 e. The molecule has 1 aromatic heterocycles. The molecule has 62 valence electrons. The molecule has 0 spiro atoms. The van der Waals surface area contributed by atoms with E-state index in [1.807, 2.05) is 24.3 Å². The van der Waals surface area contributed by atoms with Gasteiger partial charge in [0.1, 0.15) is 11.8 Å². The molecule has 0 aliphatic rings. The van der Waals surface area contributed by atoms with Gasteiger partial charge in [0.25, 0.3) is 0 Å². The highest BCUT2D eigenvalue weighted by molar-refractivity contribution is 5.88. The van der Waals surface area contributed by atoms with Crippen LogP contribution in [0.2, 0.25) is 0 Å². The molecule has 0 radical (unpaired) electrons. The Hall–Kier alpha value is -2.08. The van der Waals surface area contributed by atoms with Crippen molar-refractivity contribution in [3.63, 3.8) is 0 Å². The summed E-state index contributed by atoms with van der Waals surface area (Å²) in [6, 6.07) is 9.29. The number of anilines is 1. The molecule has 1 heterocycles. The molecular weight excluding hydrogens is 162 g/mol. The highest BCUT2D eigenvalue weighted by atomic mass is 14.7. The maximum absolute atomic E-state index is 8.76. The molecule has 0 saturated heterocycles. The SMILES string of the molecule is N#Cc1nccc2cc(N)ccc12. The zero-order valence-electron chi connectivity index (χ0n) is 6.86. The van der Waals surface area contributed by atoms with Crippen LogP contribution in [0.25, 0.3) is 10.8 Å². The van der Waals surface area contributed by atoms with Crippen LogP contribution in [0, 0.1) is 11.3 Å². The van der Waals surface area contributed by atoms with Crippen LogP contribution in [0.4, 0.5) is 5.69 Å². The van der Waals surface area contributed by atoms with Gasteiger partial charge in [-0.1, -0.05) is 0 Å². The Morgan fingerprint density at radius 1 is 1.31 bits per heavy atom. The van der Waals surface area contributed by atoms with Gasteiger partial charge in [-0.2, -0.15) is 5.26 Å². The lowest BCUT2D eigenvalue weighted by molar-refractivity contribution is 1.30. The van der Waals surface area contributed by atoms with Crippen molar-refractivity contribution in [1.29, 1.82) is 5.26 Å². The number of benzene rings is 1. The Morgan fingerprint density at radius 2 is 2.15 bits per heavy atom. The minimum atomic E-state index is 0.442. The molecule has 0 amide bonds. The van der Waals surface area contributed by atoms with Crippen molar-refractivity contribution in [2.75, 3.05) is 5.73 Å². The van der Waals surface area contributed by atoms with Gasteiger partial charge in [-0.15, -0.1) is 0 Å². The van der Waals surface area contributed by atoms with E-state index in [4.69, 9.17) is 11.0 Å². The van der Waals surface area contributed by atoms with Crippen molar-refractivity contribution in [3.8, 4) is 6.07 Å². The molecule has 0 aliphatic heterocycles. The summed E-state index contributed by atoms with van der Waals surface area (Å²) >= 11 is 0. The monoisotopic (exact) mass is 169 g/mol. The Morgan fingerprint density at radius 3 is 2.92 bits per heavy atom. The number of hydrogen-bond acceptors (Lipinski definition) is 3. The normalized spacial score (nSPS) is 9.77. The van der Waals surface area contributed by atoms with E-state index < -0.39 is 0 Å². The Bertz CT molecular complexity index is 497. The Balaban J connectivity index is 2.87. The van der Waals surface area contributed by atoms with Gasteiger partial charge in [0, 0.05) is 17.3 Å². The summed E-state index contributed by atoms with van der Waals surface area (Å²) in [6.45, 7) is 0. The van der Waals surface area contributed by atoms with Crippen molar-refractivity contribution in [2.24, 2.45) is 0 Å². The van der Waals surface area contributed by atoms with Crippen LogP contribution in [0.3, 0.4) is 0 Å². The number of hydrogen-bond donors (Lipinski definition) is 1. The van der Waals surface area contributed by atoms with Gasteiger partial charge >= 0.3 is 0 Å². The lowest BCUT2D eigenvalue weighted by atomic mass is 10.1. The molecule has 13 heavy (non-hydrogen) atoms. The minimum Gasteiger partial charge on any atom is -0.399 e. The van der Waals surface area contributed by atoms with Crippen molar-refractivity contribution >= 4 is 16.5 Å². The summed E-state index contributed by atoms with van der Waals surface area (Å²) < 4.78 is 0. The van der Waals surface area contributed by atoms with E-state index in [-0.39, 0.29) is 0 Å². The van der Waals surface area contributed by atoms with Crippen molar-refractivity contribution in [2.45, 2.75) is 0 Å². The van der Waals surface area contributed by atoms with Gasteiger partial charge in [-0.25, -0.2) is 4.98 Å². The molecule has 0 unspecified atom stereocenters. The van der Waals surface area contributed by atoms with Crippen LogP contribution in [0.5, 0.6) is 0 Å². The second kappa shape index (κ2) is 2.76. The Kier molecular flexibility index (Phi) is 1.60. The molecule has 0 atom stereocenters. The molecule has 0 saturated carbocycles. The van der Waals surface area contributed by atoms with Gasteiger partial charge < -0.3 is 5.73 Å². The number of nitrogen functional groups attached to an aromatic ring is 1. The summed E-state index contributed by atoms with van der Waals surface area (Å²) in [5.74, 6) is 0. The fourth-order valence-electron chi connectivity index (χ4n) is 1.29. The van der Waals surface area contributed by atoms with Crippen molar-refractivity contribution in [1.82, 2.24) is 4.98 Å². The van der Waals surface area contributed by atoms with Gasteiger partial charge in [-0.3, -0.25) is 0 Å². The quantitative estimate of drug-likeness (QED) is 0.610. The summed E-state index contributed by atoms with van der Waals surface area (Å²) in [5, 5.41) is 10.6.